The summed E-state index contributed by atoms with van der Waals surface area (Å²) in [7, 11) is 0. The fraction of sp³-hybridized carbons (Fsp3) is 0.889. The van der Waals surface area contributed by atoms with Crippen molar-refractivity contribution in [1.82, 2.24) is 0 Å². The van der Waals surface area contributed by atoms with Gasteiger partial charge < -0.3 is 4.74 Å². The van der Waals surface area contributed by atoms with Gasteiger partial charge >= 0.3 is 5.97 Å². The largest absolute Gasteiger partial charge is 0.466 e. The van der Waals surface area contributed by atoms with Crippen LogP contribution in [0.2, 0.25) is 0 Å². The molecule has 0 aliphatic heterocycles. The summed E-state index contributed by atoms with van der Waals surface area (Å²) in [5.74, 6) is 0.628. The Kier molecular flexibility index (Phi) is 21.3. The first-order valence-corrected chi connectivity index (χ1v) is 12.9. The Bertz CT molecular complexity index is 386. The number of hydrogen-bond donors (Lipinski definition) is 0. The fourth-order valence-corrected chi connectivity index (χ4v) is 3.83. The summed E-state index contributed by atoms with van der Waals surface area (Å²) >= 11 is 0. The van der Waals surface area contributed by atoms with Crippen molar-refractivity contribution in [3.05, 3.63) is 11.6 Å². The second kappa shape index (κ2) is 21.9. The molecule has 0 bridgehead atoms. The first-order valence-electron chi connectivity index (χ1n) is 12.9. The molecule has 0 fully saturated rings. The highest BCUT2D eigenvalue weighted by molar-refractivity contribution is 5.69. The molecule has 0 saturated carbocycles. The number of esters is 1. The zero-order chi connectivity index (χ0) is 21.6. The van der Waals surface area contributed by atoms with Crippen LogP contribution in [-0.2, 0) is 9.53 Å². The molecule has 1 unspecified atom stereocenters. The molecule has 1 atom stereocenters. The topological polar surface area (TPSA) is 26.3 Å². The third-order valence-electron chi connectivity index (χ3n) is 6.18. The van der Waals surface area contributed by atoms with Gasteiger partial charge in [0.05, 0.1) is 6.61 Å². The average Bonchev–Trinajstić information content (AvgIpc) is 2.72. The molecule has 0 aliphatic rings. The van der Waals surface area contributed by atoms with Crippen molar-refractivity contribution in [2.75, 3.05) is 6.61 Å². The Morgan fingerprint density at radius 1 is 0.759 bits per heavy atom. The molecule has 29 heavy (non-hydrogen) atoms. The number of carbonyl (C=O) groups is 1. The van der Waals surface area contributed by atoms with Crippen molar-refractivity contribution in [1.29, 1.82) is 0 Å². The number of carbonyl (C=O) groups excluding carboxylic acids is 1. The van der Waals surface area contributed by atoms with Crippen molar-refractivity contribution < 1.29 is 9.53 Å². The third-order valence-corrected chi connectivity index (χ3v) is 6.18. The van der Waals surface area contributed by atoms with E-state index in [2.05, 4.69) is 33.8 Å². The van der Waals surface area contributed by atoms with Gasteiger partial charge in [0.2, 0.25) is 0 Å². The molecule has 0 rings (SSSR count). The lowest BCUT2D eigenvalue weighted by molar-refractivity contribution is -0.144. The van der Waals surface area contributed by atoms with E-state index in [1.54, 1.807) is 0 Å². The highest BCUT2D eigenvalue weighted by Crippen LogP contribution is 2.17. The van der Waals surface area contributed by atoms with Gasteiger partial charge in [-0.05, 0) is 44.9 Å². The number of allylic oxidation sites excluding steroid dienone is 2. The zero-order valence-corrected chi connectivity index (χ0v) is 20.4. The number of unbranched alkanes of at least 4 members (excludes halogenated alkanes) is 12. The molecule has 2 heteroatoms. The van der Waals surface area contributed by atoms with E-state index in [-0.39, 0.29) is 5.97 Å². The van der Waals surface area contributed by atoms with Crippen LogP contribution in [0.25, 0.3) is 0 Å². The molecule has 0 amide bonds. The van der Waals surface area contributed by atoms with E-state index in [1.807, 2.05) is 0 Å². The summed E-state index contributed by atoms with van der Waals surface area (Å²) < 4.78 is 5.43. The normalized spacial score (nSPS) is 12.9. The highest BCUT2D eigenvalue weighted by atomic mass is 16.5. The van der Waals surface area contributed by atoms with Gasteiger partial charge in [-0.1, -0.05) is 109 Å². The van der Waals surface area contributed by atoms with Crippen molar-refractivity contribution in [3.63, 3.8) is 0 Å². The maximum absolute atomic E-state index is 11.9. The average molecular weight is 409 g/mol. The van der Waals surface area contributed by atoms with Crippen LogP contribution in [-0.4, -0.2) is 12.6 Å². The molecule has 0 aromatic carbocycles. The zero-order valence-electron chi connectivity index (χ0n) is 20.4. The van der Waals surface area contributed by atoms with E-state index in [1.165, 1.54) is 95.5 Å². The Labute approximate surface area is 183 Å². The molecule has 2 nitrogen and oxygen atoms in total. The summed E-state index contributed by atoms with van der Waals surface area (Å²) in [5, 5.41) is 0. The summed E-state index contributed by atoms with van der Waals surface area (Å²) in [6, 6.07) is 0. The van der Waals surface area contributed by atoms with Gasteiger partial charge in [-0.15, -0.1) is 0 Å². The van der Waals surface area contributed by atoms with Crippen LogP contribution in [0.4, 0.5) is 0 Å². The van der Waals surface area contributed by atoms with Gasteiger partial charge in [0.25, 0.3) is 0 Å². The van der Waals surface area contributed by atoms with E-state index in [0.29, 0.717) is 18.9 Å². The van der Waals surface area contributed by atoms with E-state index < -0.39 is 0 Å². The number of rotatable bonds is 21. The Balaban J connectivity index is 3.35. The smallest absolute Gasteiger partial charge is 0.305 e. The minimum Gasteiger partial charge on any atom is -0.466 e. The summed E-state index contributed by atoms with van der Waals surface area (Å²) in [4.78, 5) is 11.9. The minimum absolute atomic E-state index is 0.00275. The molecule has 0 aromatic rings. The van der Waals surface area contributed by atoms with Crippen LogP contribution >= 0.6 is 0 Å². The molecular formula is C27H52O2. The Morgan fingerprint density at radius 2 is 1.28 bits per heavy atom. The van der Waals surface area contributed by atoms with Gasteiger partial charge in [0, 0.05) is 6.42 Å². The van der Waals surface area contributed by atoms with E-state index >= 15 is 0 Å². The molecule has 0 radical (unpaired) electrons. The number of hydrogen-bond acceptors (Lipinski definition) is 2. The third kappa shape index (κ3) is 20.3. The summed E-state index contributed by atoms with van der Waals surface area (Å²) in [5.41, 5.74) is 1.54. The van der Waals surface area contributed by atoms with Gasteiger partial charge in [0.1, 0.15) is 0 Å². The standard InChI is InChI=1S/C27H52O2/c1-5-8-9-10-11-12-13-14-15-16-17-18-19-20-27(28)29-24-23-25(4)21-22-26(6-2)7-3/h6,25H,5,7-24H2,1-4H3. The summed E-state index contributed by atoms with van der Waals surface area (Å²) in [6.07, 6.45) is 24.7. The van der Waals surface area contributed by atoms with E-state index in [0.717, 1.165) is 19.3 Å². The molecular weight excluding hydrogens is 356 g/mol. The van der Waals surface area contributed by atoms with Crippen LogP contribution < -0.4 is 0 Å². The van der Waals surface area contributed by atoms with Crippen LogP contribution in [0, 0.1) is 5.92 Å². The van der Waals surface area contributed by atoms with Gasteiger partial charge in [-0.2, -0.15) is 0 Å². The van der Waals surface area contributed by atoms with Crippen molar-refractivity contribution in [2.24, 2.45) is 5.92 Å². The van der Waals surface area contributed by atoms with Gasteiger partial charge in [-0.3, -0.25) is 4.79 Å². The highest BCUT2D eigenvalue weighted by Gasteiger charge is 2.07. The minimum atomic E-state index is 0.00275. The molecule has 0 heterocycles. The number of ether oxygens (including phenoxy) is 1. The second-order valence-electron chi connectivity index (χ2n) is 8.95. The van der Waals surface area contributed by atoms with Crippen molar-refractivity contribution >= 4 is 5.97 Å². The predicted molar refractivity (Wildman–Crippen MR) is 128 cm³/mol. The van der Waals surface area contributed by atoms with Crippen molar-refractivity contribution in [2.45, 2.75) is 143 Å². The lowest BCUT2D eigenvalue weighted by atomic mass is 9.97. The molecule has 172 valence electrons. The fourth-order valence-electron chi connectivity index (χ4n) is 3.83. The molecule has 0 spiro atoms. The first kappa shape index (κ1) is 28.2. The Morgan fingerprint density at radius 3 is 1.76 bits per heavy atom. The molecule has 0 aliphatic carbocycles. The monoisotopic (exact) mass is 408 g/mol. The Hall–Kier alpha value is -0.790. The van der Waals surface area contributed by atoms with Gasteiger partial charge in [-0.25, -0.2) is 0 Å². The summed E-state index contributed by atoms with van der Waals surface area (Å²) in [6.45, 7) is 9.48. The lowest BCUT2D eigenvalue weighted by Gasteiger charge is -2.12. The van der Waals surface area contributed by atoms with Crippen molar-refractivity contribution in [3.8, 4) is 0 Å². The van der Waals surface area contributed by atoms with Crippen LogP contribution in [0.15, 0.2) is 11.6 Å². The maximum atomic E-state index is 11.9. The van der Waals surface area contributed by atoms with Crippen LogP contribution in [0.1, 0.15) is 143 Å². The molecule has 0 N–H and O–H groups in total. The van der Waals surface area contributed by atoms with Gasteiger partial charge in [0.15, 0.2) is 0 Å². The van der Waals surface area contributed by atoms with E-state index in [4.69, 9.17) is 4.74 Å². The lowest BCUT2D eigenvalue weighted by Crippen LogP contribution is -2.08. The molecule has 0 aromatic heterocycles. The SMILES string of the molecule is CC=C(CC)CCC(C)CCOC(=O)CCCCCCCCCCCCCCC. The second-order valence-corrected chi connectivity index (χ2v) is 8.95. The van der Waals surface area contributed by atoms with E-state index in [9.17, 15) is 4.79 Å². The quantitative estimate of drug-likeness (QED) is 0.107. The van der Waals surface area contributed by atoms with Crippen LogP contribution in [0.5, 0.6) is 0 Å². The predicted octanol–water partition coefficient (Wildman–Crippen LogP) is 9.17. The van der Waals surface area contributed by atoms with Crippen LogP contribution in [0.3, 0.4) is 0 Å². The molecule has 0 saturated heterocycles. The first-order chi connectivity index (χ1) is 14.1. The maximum Gasteiger partial charge on any atom is 0.305 e.